The van der Waals surface area contributed by atoms with Crippen LogP contribution in [0.4, 0.5) is 0 Å². The van der Waals surface area contributed by atoms with Crippen LogP contribution in [0.5, 0.6) is 0 Å². The first kappa shape index (κ1) is 14.0. The highest BCUT2D eigenvalue weighted by Crippen LogP contribution is 2.06. The molecule has 0 aliphatic rings. The van der Waals surface area contributed by atoms with Crippen LogP contribution in [0.15, 0.2) is 24.3 Å². The summed E-state index contributed by atoms with van der Waals surface area (Å²) >= 11 is 0. The van der Waals surface area contributed by atoms with Gasteiger partial charge < -0.3 is 5.32 Å². The first-order chi connectivity index (χ1) is 7.59. The van der Waals surface area contributed by atoms with E-state index in [9.17, 15) is 4.79 Å². The second-order valence-corrected chi connectivity index (χ2v) is 11.6. The van der Waals surface area contributed by atoms with E-state index in [4.69, 9.17) is 0 Å². The van der Waals surface area contributed by atoms with Gasteiger partial charge in [-0.1, -0.05) is 37.0 Å². The Morgan fingerprint density at radius 1 is 1.06 bits per heavy atom. The van der Waals surface area contributed by atoms with Gasteiger partial charge in [0.05, 0.1) is 8.07 Å². The summed E-state index contributed by atoms with van der Waals surface area (Å²) in [5.74, 6) is -0.000346. The monoisotopic (exact) mass is 249 g/mol. The van der Waals surface area contributed by atoms with Gasteiger partial charge in [0.15, 0.2) is 0 Å². The average molecular weight is 249 g/mol. The first-order valence-corrected chi connectivity index (χ1v) is 9.53. The minimum Gasteiger partial charge on any atom is -0.347 e. The molecular weight excluding hydrogens is 226 g/mol. The fourth-order valence-electron chi connectivity index (χ4n) is 1.53. The lowest BCUT2D eigenvalue weighted by atomic mass is 10.1. The number of rotatable bonds is 2. The summed E-state index contributed by atoms with van der Waals surface area (Å²) in [5.41, 5.74) is 0.552. The molecule has 0 aliphatic carbocycles. The van der Waals surface area contributed by atoms with Gasteiger partial charge in [-0.25, -0.2) is 0 Å². The van der Waals surface area contributed by atoms with Crippen molar-refractivity contribution < 1.29 is 4.79 Å². The molecule has 0 bridgehead atoms. The van der Waals surface area contributed by atoms with Gasteiger partial charge in [0.1, 0.15) is 0 Å². The maximum Gasteiger partial charge on any atom is 0.251 e. The number of carbonyl (C=O) groups is 1. The van der Waals surface area contributed by atoms with Crippen LogP contribution in [0.1, 0.15) is 31.1 Å². The Kier molecular flexibility index (Phi) is 3.82. The van der Waals surface area contributed by atoms with Crippen molar-refractivity contribution in [2.45, 2.75) is 46.0 Å². The highest BCUT2D eigenvalue weighted by atomic mass is 28.3. The maximum atomic E-state index is 11.9. The number of hydrogen-bond acceptors (Lipinski definition) is 1. The minimum atomic E-state index is -1.27. The van der Waals surface area contributed by atoms with Gasteiger partial charge in [0.2, 0.25) is 0 Å². The summed E-state index contributed by atoms with van der Waals surface area (Å²) in [5, 5.41) is 4.35. The SMILES string of the molecule is CC(C)(C)NC(=O)c1ccc([Si](C)(C)C)cc1. The van der Waals surface area contributed by atoms with Gasteiger partial charge in [0.25, 0.3) is 5.91 Å². The molecule has 0 fully saturated rings. The summed E-state index contributed by atoms with van der Waals surface area (Å²) in [6, 6.07) is 8.02. The topological polar surface area (TPSA) is 29.1 Å². The maximum absolute atomic E-state index is 11.9. The highest BCUT2D eigenvalue weighted by molar-refractivity contribution is 6.88. The predicted octanol–water partition coefficient (Wildman–Crippen LogP) is 2.76. The van der Waals surface area contributed by atoms with E-state index in [1.54, 1.807) is 0 Å². The lowest BCUT2D eigenvalue weighted by molar-refractivity contribution is 0.0919. The molecule has 0 aliphatic heterocycles. The zero-order chi connectivity index (χ0) is 13.3. The second-order valence-electron chi connectivity index (χ2n) is 6.53. The quantitative estimate of drug-likeness (QED) is 0.802. The third-order valence-electron chi connectivity index (χ3n) is 2.50. The molecule has 94 valence electrons. The van der Waals surface area contributed by atoms with E-state index in [0.29, 0.717) is 0 Å². The molecule has 2 nitrogen and oxygen atoms in total. The zero-order valence-corrected chi connectivity index (χ0v) is 12.7. The largest absolute Gasteiger partial charge is 0.347 e. The molecule has 0 radical (unpaired) electrons. The van der Waals surface area contributed by atoms with E-state index >= 15 is 0 Å². The minimum absolute atomic E-state index is 0.000346. The van der Waals surface area contributed by atoms with E-state index in [0.717, 1.165) is 5.56 Å². The van der Waals surface area contributed by atoms with Crippen LogP contribution < -0.4 is 10.5 Å². The normalized spacial score (nSPS) is 12.4. The predicted molar refractivity (Wildman–Crippen MR) is 76.6 cm³/mol. The van der Waals surface area contributed by atoms with Gasteiger partial charge in [-0.05, 0) is 32.9 Å². The molecule has 0 aromatic heterocycles. The van der Waals surface area contributed by atoms with Crippen molar-refractivity contribution in [1.29, 1.82) is 0 Å². The molecule has 3 heteroatoms. The summed E-state index contributed by atoms with van der Waals surface area (Å²) in [7, 11) is -1.27. The molecule has 0 saturated carbocycles. The molecule has 0 saturated heterocycles. The Morgan fingerprint density at radius 2 is 1.53 bits per heavy atom. The Labute approximate surface area is 105 Å². The molecule has 0 spiro atoms. The molecule has 1 rings (SSSR count). The second kappa shape index (κ2) is 4.65. The van der Waals surface area contributed by atoms with Gasteiger partial charge in [-0.2, -0.15) is 0 Å². The Hall–Kier alpha value is -1.09. The van der Waals surface area contributed by atoms with E-state index in [-0.39, 0.29) is 11.4 Å². The van der Waals surface area contributed by atoms with Crippen molar-refractivity contribution in [2.75, 3.05) is 0 Å². The molecule has 1 amide bonds. The zero-order valence-electron chi connectivity index (χ0n) is 11.7. The number of amides is 1. The van der Waals surface area contributed by atoms with Gasteiger partial charge in [0, 0.05) is 11.1 Å². The molecule has 0 unspecified atom stereocenters. The molecule has 0 atom stereocenters. The molecule has 0 heterocycles. The van der Waals surface area contributed by atoms with Crippen molar-refractivity contribution in [3.63, 3.8) is 0 Å². The van der Waals surface area contributed by atoms with Crippen LogP contribution in [0.25, 0.3) is 0 Å². The van der Waals surface area contributed by atoms with Crippen LogP contribution in [-0.2, 0) is 0 Å². The lowest BCUT2D eigenvalue weighted by Crippen LogP contribution is -2.41. The van der Waals surface area contributed by atoms with Crippen LogP contribution in [0, 0.1) is 0 Å². The average Bonchev–Trinajstić information content (AvgIpc) is 2.14. The summed E-state index contributed by atoms with van der Waals surface area (Å²) in [4.78, 5) is 11.9. The van der Waals surface area contributed by atoms with E-state index in [1.165, 1.54) is 5.19 Å². The Bertz CT molecular complexity index is 396. The van der Waals surface area contributed by atoms with Gasteiger partial charge >= 0.3 is 0 Å². The summed E-state index contributed by atoms with van der Waals surface area (Å²) in [6.07, 6.45) is 0. The molecule has 1 N–H and O–H groups in total. The first-order valence-electron chi connectivity index (χ1n) is 6.03. The van der Waals surface area contributed by atoms with Crippen molar-refractivity contribution in [1.82, 2.24) is 5.32 Å². The Morgan fingerprint density at radius 3 is 1.88 bits per heavy atom. The van der Waals surface area contributed by atoms with E-state index in [2.05, 4.69) is 37.1 Å². The van der Waals surface area contributed by atoms with E-state index < -0.39 is 8.07 Å². The fraction of sp³-hybridized carbons (Fsp3) is 0.500. The number of nitrogens with one attached hydrogen (secondary N) is 1. The van der Waals surface area contributed by atoms with Gasteiger partial charge in [-0.15, -0.1) is 0 Å². The standard InChI is InChI=1S/C14H23NOSi/c1-14(2,3)15-13(16)11-7-9-12(10-8-11)17(4,5)6/h7-10H,1-6H3,(H,15,16). The van der Waals surface area contributed by atoms with Crippen LogP contribution >= 0.6 is 0 Å². The van der Waals surface area contributed by atoms with Crippen LogP contribution in [-0.4, -0.2) is 19.5 Å². The van der Waals surface area contributed by atoms with E-state index in [1.807, 2.05) is 32.9 Å². The number of hydrogen-bond donors (Lipinski definition) is 1. The Balaban J connectivity index is 2.85. The molecule has 1 aromatic carbocycles. The highest BCUT2D eigenvalue weighted by Gasteiger charge is 2.18. The molecular formula is C14H23NOSi. The number of benzene rings is 1. The smallest absolute Gasteiger partial charge is 0.251 e. The third-order valence-corrected chi connectivity index (χ3v) is 4.57. The van der Waals surface area contributed by atoms with Crippen LogP contribution in [0.3, 0.4) is 0 Å². The van der Waals surface area contributed by atoms with Crippen molar-refractivity contribution in [3.8, 4) is 0 Å². The van der Waals surface area contributed by atoms with Crippen LogP contribution in [0.2, 0.25) is 19.6 Å². The summed E-state index contributed by atoms with van der Waals surface area (Å²) in [6.45, 7) is 12.9. The van der Waals surface area contributed by atoms with Crippen molar-refractivity contribution in [3.05, 3.63) is 29.8 Å². The van der Waals surface area contributed by atoms with Crippen molar-refractivity contribution in [2.24, 2.45) is 0 Å². The fourth-order valence-corrected chi connectivity index (χ4v) is 2.70. The van der Waals surface area contributed by atoms with Crippen molar-refractivity contribution >= 4 is 19.2 Å². The third kappa shape index (κ3) is 4.34. The molecule has 1 aromatic rings. The summed E-state index contributed by atoms with van der Waals surface area (Å²) < 4.78 is 0. The number of carbonyl (C=O) groups excluding carboxylic acids is 1. The molecule has 17 heavy (non-hydrogen) atoms. The lowest BCUT2D eigenvalue weighted by Gasteiger charge is -2.21. The van der Waals surface area contributed by atoms with Gasteiger partial charge in [-0.3, -0.25) is 4.79 Å².